The number of carbonyl (C=O) groups is 1. The highest BCUT2D eigenvalue weighted by atomic mass is 32.1. The highest BCUT2D eigenvalue weighted by Gasteiger charge is 2.11. The van der Waals surface area contributed by atoms with Gasteiger partial charge in [0.2, 0.25) is 0 Å². The van der Waals surface area contributed by atoms with E-state index in [1.54, 1.807) is 0 Å². The normalized spacial score (nSPS) is 15.3. The SMILES string of the molecule is O=C(N=NC(=S)S)C1=CN(O)C=CN1. The molecule has 0 spiro atoms. The number of thiol groups is 1. The Morgan fingerprint density at radius 3 is 2.93 bits per heavy atom. The number of amides is 1. The zero-order valence-corrected chi connectivity index (χ0v) is 8.50. The first kappa shape index (κ1) is 10.8. The Labute approximate surface area is 90.4 Å². The average Bonchev–Trinajstić information content (AvgIpc) is 2.14. The molecule has 6 nitrogen and oxygen atoms in total. The van der Waals surface area contributed by atoms with E-state index in [1.807, 2.05) is 0 Å². The number of nitrogens with zero attached hydrogens (tertiary/aromatic N) is 3. The fraction of sp³-hybridized carbons (Fsp3) is 0. The largest absolute Gasteiger partial charge is 0.354 e. The van der Waals surface area contributed by atoms with Crippen molar-refractivity contribution in [1.29, 1.82) is 0 Å². The van der Waals surface area contributed by atoms with Gasteiger partial charge in [-0.15, -0.1) is 22.9 Å². The summed E-state index contributed by atoms with van der Waals surface area (Å²) in [5, 5.41) is 18.8. The first-order valence-electron chi connectivity index (χ1n) is 3.41. The van der Waals surface area contributed by atoms with Crippen LogP contribution in [0.3, 0.4) is 0 Å². The Bertz CT molecular complexity index is 350. The maximum atomic E-state index is 11.2. The molecule has 0 bridgehead atoms. The highest BCUT2D eigenvalue weighted by Crippen LogP contribution is 2.02. The van der Waals surface area contributed by atoms with Crippen LogP contribution in [-0.4, -0.2) is 20.5 Å². The number of hydrogen-bond donors (Lipinski definition) is 3. The topological polar surface area (TPSA) is 77.3 Å². The van der Waals surface area contributed by atoms with E-state index >= 15 is 0 Å². The van der Waals surface area contributed by atoms with Crippen LogP contribution < -0.4 is 5.32 Å². The summed E-state index contributed by atoms with van der Waals surface area (Å²) >= 11 is 8.14. The molecule has 1 heterocycles. The zero-order chi connectivity index (χ0) is 10.6. The van der Waals surface area contributed by atoms with Crippen molar-refractivity contribution in [2.24, 2.45) is 10.2 Å². The summed E-state index contributed by atoms with van der Waals surface area (Å²) < 4.78 is -0.0360. The van der Waals surface area contributed by atoms with Gasteiger partial charge < -0.3 is 5.32 Å². The van der Waals surface area contributed by atoms with Gasteiger partial charge in [0, 0.05) is 12.4 Å². The van der Waals surface area contributed by atoms with Crippen molar-refractivity contribution in [2.45, 2.75) is 0 Å². The maximum absolute atomic E-state index is 11.2. The van der Waals surface area contributed by atoms with Crippen LogP contribution in [0.5, 0.6) is 0 Å². The molecule has 0 aromatic heterocycles. The van der Waals surface area contributed by atoms with Gasteiger partial charge in [0.25, 0.3) is 0 Å². The molecule has 0 aliphatic carbocycles. The van der Waals surface area contributed by atoms with Crippen LogP contribution in [0.25, 0.3) is 0 Å². The average molecular weight is 230 g/mol. The second-order valence-electron chi connectivity index (χ2n) is 2.17. The van der Waals surface area contributed by atoms with Crippen LogP contribution in [0.15, 0.2) is 34.5 Å². The Morgan fingerprint density at radius 1 is 1.64 bits per heavy atom. The van der Waals surface area contributed by atoms with Gasteiger partial charge in [-0.3, -0.25) is 10.0 Å². The molecule has 1 aliphatic heterocycles. The van der Waals surface area contributed by atoms with E-state index < -0.39 is 5.91 Å². The standard InChI is InChI=1S/C6H6N4O2S2/c11-5(8-9-6(13)14)4-3-10(12)2-1-7-4/h1-3,7,12H,(H,13,14). The summed E-state index contributed by atoms with van der Waals surface area (Å²) in [6.45, 7) is 0. The van der Waals surface area contributed by atoms with Gasteiger partial charge in [0.05, 0.1) is 6.20 Å². The highest BCUT2D eigenvalue weighted by molar-refractivity contribution is 8.11. The summed E-state index contributed by atoms with van der Waals surface area (Å²) in [4.78, 5) is 11.2. The monoisotopic (exact) mass is 230 g/mol. The van der Waals surface area contributed by atoms with Crippen molar-refractivity contribution in [1.82, 2.24) is 10.4 Å². The first-order valence-corrected chi connectivity index (χ1v) is 4.26. The third-order valence-corrected chi connectivity index (χ3v) is 1.36. The summed E-state index contributed by atoms with van der Waals surface area (Å²) in [5.41, 5.74) is 0.0864. The van der Waals surface area contributed by atoms with Crippen LogP contribution in [0, 0.1) is 0 Å². The van der Waals surface area contributed by atoms with E-state index in [0.29, 0.717) is 0 Å². The molecule has 1 aliphatic rings. The van der Waals surface area contributed by atoms with Crippen LogP contribution in [0.2, 0.25) is 0 Å². The maximum Gasteiger partial charge on any atom is 0.313 e. The molecule has 0 radical (unpaired) electrons. The molecule has 14 heavy (non-hydrogen) atoms. The first-order chi connectivity index (χ1) is 6.59. The van der Waals surface area contributed by atoms with Crippen molar-refractivity contribution in [3.05, 3.63) is 24.3 Å². The third kappa shape index (κ3) is 3.24. The molecule has 0 aromatic carbocycles. The lowest BCUT2D eigenvalue weighted by Gasteiger charge is -2.13. The number of hydroxylamine groups is 2. The molecule has 0 saturated carbocycles. The molecule has 0 aromatic rings. The number of thiocarbonyl (C=S) groups is 1. The molecule has 0 saturated heterocycles. The van der Waals surface area contributed by atoms with Crippen LogP contribution >= 0.6 is 24.8 Å². The number of rotatable bonds is 1. The number of nitrogens with one attached hydrogen (secondary N) is 1. The van der Waals surface area contributed by atoms with E-state index in [2.05, 4.69) is 40.4 Å². The van der Waals surface area contributed by atoms with Gasteiger partial charge in [-0.2, -0.15) is 0 Å². The summed E-state index contributed by atoms with van der Waals surface area (Å²) in [7, 11) is 0. The van der Waals surface area contributed by atoms with Crippen LogP contribution in [0.4, 0.5) is 0 Å². The van der Waals surface area contributed by atoms with Gasteiger partial charge in [-0.25, -0.2) is 5.06 Å². The van der Waals surface area contributed by atoms with Crippen molar-refractivity contribution in [3.8, 4) is 0 Å². The molecule has 2 N–H and O–H groups in total. The minimum Gasteiger partial charge on any atom is -0.354 e. The lowest BCUT2D eigenvalue weighted by molar-refractivity contribution is -0.115. The van der Waals surface area contributed by atoms with Crippen molar-refractivity contribution >= 4 is 35.1 Å². The molecule has 0 fully saturated rings. The van der Waals surface area contributed by atoms with Crippen molar-refractivity contribution < 1.29 is 10.0 Å². The number of azo groups is 1. The second kappa shape index (κ2) is 4.84. The Kier molecular flexibility index (Phi) is 3.74. The van der Waals surface area contributed by atoms with E-state index in [9.17, 15) is 4.79 Å². The summed E-state index contributed by atoms with van der Waals surface area (Å²) in [5.74, 6) is -0.648. The fourth-order valence-corrected chi connectivity index (χ4v) is 0.761. The quantitative estimate of drug-likeness (QED) is 0.352. The van der Waals surface area contributed by atoms with Crippen molar-refractivity contribution in [3.63, 3.8) is 0 Å². The smallest absolute Gasteiger partial charge is 0.313 e. The summed E-state index contributed by atoms with van der Waals surface area (Å²) in [6, 6.07) is 0. The number of hydrogen-bond acceptors (Lipinski definition) is 5. The Morgan fingerprint density at radius 2 is 2.36 bits per heavy atom. The van der Waals surface area contributed by atoms with Crippen LogP contribution in [-0.2, 0) is 4.79 Å². The third-order valence-electron chi connectivity index (χ3n) is 1.18. The van der Waals surface area contributed by atoms with Crippen LogP contribution in [0.1, 0.15) is 0 Å². The molecule has 1 amide bonds. The summed E-state index contributed by atoms with van der Waals surface area (Å²) in [6.07, 6.45) is 3.85. The van der Waals surface area contributed by atoms with Gasteiger partial charge >= 0.3 is 5.91 Å². The van der Waals surface area contributed by atoms with Crippen molar-refractivity contribution in [2.75, 3.05) is 0 Å². The zero-order valence-electron chi connectivity index (χ0n) is 6.78. The van der Waals surface area contributed by atoms with E-state index in [0.717, 1.165) is 11.3 Å². The van der Waals surface area contributed by atoms with Gasteiger partial charge in [0.1, 0.15) is 5.70 Å². The molecular weight excluding hydrogens is 224 g/mol. The van der Waals surface area contributed by atoms with Gasteiger partial charge in [-0.05, 0) is 12.2 Å². The minimum atomic E-state index is -0.648. The lowest BCUT2D eigenvalue weighted by Crippen LogP contribution is -2.22. The van der Waals surface area contributed by atoms with E-state index in [-0.39, 0.29) is 10.0 Å². The predicted molar refractivity (Wildman–Crippen MR) is 55.4 cm³/mol. The lowest BCUT2D eigenvalue weighted by atomic mass is 10.4. The minimum absolute atomic E-state index is 0.0360. The predicted octanol–water partition coefficient (Wildman–Crippen LogP) is 0.787. The number of carbonyl (C=O) groups excluding carboxylic acids is 1. The molecule has 0 atom stereocenters. The molecule has 0 unspecified atom stereocenters. The van der Waals surface area contributed by atoms with Gasteiger partial charge in [0.15, 0.2) is 4.32 Å². The molecular formula is C6H6N4O2S2. The van der Waals surface area contributed by atoms with Gasteiger partial charge in [-0.1, -0.05) is 0 Å². The van der Waals surface area contributed by atoms with E-state index in [1.165, 1.54) is 12.4 Å². The molecule has 1 rings (SSSR count). The van der Waals surface area contributed by atoms with E-state index in [4.69, 9.17) is 5.21 Å². The Hall–Kier alpha value is -1.25. The molecule has 8 heteroatoms. The molecule has 74 valence electrons. The second-order valence-corrected chi connectivity index (χ2v) is 3.28. The fourth-order valence-electron chi connectivity index (χ4n) is 0.675. The Balaban J connectivity index is 2.66.